The zero-order chi connectivity index (χ0) is 24.3. The first-order valence-corrected chi connectivity index (χ1v) is 11.6. The molecule has 2 aromatic heterocycles. The Labute approximate surface area is 192 Å². The number of aromatic nitrogens is 4. The number of H-pyrrole nitrogens is 1. The fraction of sp³-hybridized carbons (Fsp3) is 0.190. The van der Waals surface area contributed by atoms with E-state index in [1.54, 1.807) is 60.8 Å². The van der Waals surface area contributed by atoms with Gasteiger partial charge >= 0.3 is 6.18 Å². The van der Waals surface area contributed by atoms with Gasteiger partial charge in [0.2, 0.25) is 16.0 Å². The number of alkyl halides is 3. The van der Waals surface area contributed by atoms with Crippen LogP contribution in [0.2, 0.25) is 0 Å². The van der Waals surface area contributed by atoms with Gasteiger partial charge in [0.25, 0.3) is 0 Å². The van der Waals surface area contributed by atoms with Crippen molar-refractivity contribution in [2.45, 2.75) is 12.6 Å². The third-order valence-corrected chi connectivity index (χ3v) is 6.05. The van der Waals surface area contributed by atoms with Crippen LogP contribution in [0.4, 0.5) is 36.2 Å². The quantitative estimate of drug-likeness (QED) is 0.372. The highest BCUT2D eigenvalue weighted by Crippen LogP contribution is 2.34. The number of ether oxygens (including phenoxy) is 1. The Bertz CT molecular complexity index is 1370. The highest BCUT2D eigenvalue weighted by Gasteiger charge is 2.30. The lowest BCUT2D eigenvalue weighted by molar-refractivity contribution is -0.129. The van der Waals surface area contributed by atoms with Crippen LogP contribution in [0.5, 0.6) is 5.75 Å². The van der Waals surface area contributed by atoms with Crippen LogP contribution in [0.3, 0.4) is 0 Å². The molecule has 2 N–H and O–H groups in total. The molecule has 2 aromatic carbocycles. The molecule has 0 bridgehead atoms. The summed E-state index contributed by atoms with van der Waals surface area (Å²) in [5.41, 5.74) is 1.93. The average molecular weight is 492 g/mol. The van der Waals surface area contributed by atoms with E-state index in [1.807, 2.05) is 0 Å². The number of anilines is 4. The number of rotatable bonds is 8. The van der Waals surface area contributed by atoms with Crippen LogP contribution in [-0.4, -0.2) is 47.6 Å². The minimum absolute atomic E-state index is 0.130. The van der Waals surface area contributed by atoms with Crippen LogP contribution in [0, 0.1) is 0 Å². The van der Waals surface area contributed by atoms with Crippen molar-refractivity contribution in [3.63, 3.8) is 0 Å². The number of sulfonamides is 1. The van der Waals surface area contributed by atoms with Crippen molar-refractivity contribution in [3.05, 3.63) is 60.9 Å². The highest BCUT2D eigenvalue weighted by atomic mass is 32.2. The third kappa shape index (κ3) is 5.54. The molecule has 9 nitrogen and oxygen atoms in total. The van der Waals surface area contributed by atoms with Gasteiger partial charge in [-0.2, -0.15) is 23.3 Å². The summed E-state index contributed by atoms with van der Waals surface area (Å²) in [5.74, 6) is -0.0912. The molecule has 0 unspecified atom stereocenters. The SMILES string of the molecule is COc1ccc(N(c2ccc(NS(=O)(=O)CCC(F)(F)F)cc2)c2ncc3cn[nH]c3n2)cc1. The number of nitrogens with zero attached hydrogens (tertiary/aromatic N) is 4. The van der Waals surface area contributed by atoms with E-state index < -0.39 is 28.4 Å². The van der Waals surface area contributed by atoms with Crippen molar-refractivity contribution in [1.29, 1.82) is 0 Å². The smallest absolute Gasteiger partial charge is 0.390 e. The number of hydrogen-bond donors (Lipinski definition) is 2. The van der Waals surface area contributed by atoms with E-state index >= 15 is 0 Å². The van der Waals surface area contributed by atoms with Gasteiger partial charge in [-0.1, -0.05) is 0 Å². The fourth-order valence-corrected chi connectivity index (χ4v) is 4.20. The van der Waals surface area contributed by atoms with Gasteiger partial charge in [0, 0.05) is 23.3 Å². The minimum Gasteiger partial charge on any atom is -0.497 e. The zero-order valence-electron chi connectivity index (χ0n) is 17.7. The molecule has 0 spiro atoms. The lowest BCUT2D eigenvalue weighted by Crippen LogP contribution is -2.21. The molecule has 0 amide bonds. The summed E-state index contributed by atoms with van der Waals surface area (Å²) in [4.78, 5) is 10.6. The maximum atomic E-state index is 12.4. The molecule has 0 atom stereocenters. The van der Waals surface area contributed by atoms with Crippen LogP contribution < -0.4 is 14.4 Å². The van der Waals surface area contributed by atoms with Crippen molar-refractivity contribution < 1.29 is 26.3 Å². The van der Waals surface area contributed by atoms with E-state index in [-0.39, 0.29) is 5.69 Å². The molecular formula is C21H19F3N6O3S. The molecule has 4 aromatic rings. The van der Waals surface area contributed by atoms with Crippen molar-refractivity contribution in [2.24, 2.45) is 0 Å². The number of aromatic amines is 1. The summed E-state index contributed by atoms with van der Waals surface area (Å²) in [6.07, 6.45) is -2.79. The third-order valence-electron chi connectivity index (χ3n) is 4.76. The topological polar surface area (TPSA) is 113 Å². The Kier molecular flexibility index (Phi) is 6.28. The second-order valence-corrected chi connectivity index (χ2v) is 9.05. The summed E-state index contributed by atoms with van der Waals surface area (Å²) in [7, 11) is -2.61. The molecule has 13 heteroatoms. The van der Waals surface area contributed by atoms with Gasteiger partial charge in [0.15, 0.2) is 5.65 Å². The molecule has 0 saturated carbocycles. The maximum Gasteiger partial charge on any atom is 0.390 e. The van der Waals surface area contributed by atoms with E-state index in [1.165, 1.54) is 12.1 Å². The first-order valence-electron chi connectivity index (χ1n) is 9.91. The van der Waals surface area contributed by atoms with Crippen molar-refractivity contribution in [2.75, 3.05) is 22.5 Å². The molecule has 0 saturated heterocycles. The largest absolute Gasteiger partial charge is 0.497 e. The van der Waals surface area contributed by atoms with Crippen molar-refractivity contribution in [3.8, 4) is 5.75 Å². The second kappa shape index (κ2) is 9.17. The Balaban J connectivity index is 1.65. The van der Waals surface area contributed by atoms with Crippen LogP contribution in [0.1, 0.15) is 6.42 Å². The van der Waals surface area contributed by atoms with Crippen LogP contribution in [-0.2, 0) is 10.0 Å². The lowest BCUT2D eigenvalue weighted by Gasteiger charge is -2.23. The predicted octanol–water partition coefficient (Wildman–Crippen LogP) is 4.53. The molecule has 0 fully saturated rings. The molecule has 2 heterocycles. The monoisotopic (exact) mass is 492 g/mol. The Morgan fingerprint density at radius 2 is 1.68 bits per heavy atom. The number of halogens is 3. The lowest BCUT2D eigenvalue weighted by atomic mass is 10.2. The Hall–Kier alpha value is -3.87. The van der Waals surface area contributed by atoms with Gasteiger partial charge in [-0.25, -0.2) is 13.4 Å². The number of benzene rings is 2. The van der Waals surface area contributed by atoms with Gasteiger partial charge in [-0.3, -0.25) is 14.7 Å². The van der Waals surface area contributed by atoms with Gasteiger partial charge in [0.1, 0.15) is 5.75 Å². The molecule has 0 aliphatic carbocycles. The predicted molar refractivity (Wildman–Crippen MR) is 121 cm³/mol. The number of methoxy groups -OCH3 is 1. The molecule has 0 radical (unpaired) electrons. The van der Waals surface area contributed by atoms with Gasteiger partial charge < -0.3 is 4.74 Å². The summed E-state index contributed by atoms with van der Waals surface area (Å²) >= 11 is 0. The second-order valence-electron chi connectivity index (χ2n) is 7.21. The molecule has 4 rings (SSSR count). The summed E-state index contributed by atoms with van der Waals surface area (Å²) < 4.78 is 68.6. The first kappa shape index (κ1) is 23.3. The van der Waals surface area contributed by atoms with Gasteiger partial charge in [-0.15, -0.1) is 0 Å². The highest BCUT2D eigenvalue weighted by molar-refractivity contribution is 7.92. The number of hydrogen-bond acceptors (Lipinski definition) is 7. The average Bonchev–Trinajstić information content (AvgIpc) is 3.27. The normalized spacial score (nSPS) is 12.0. The molecule has 34 heavy (non-hydrogen) atoms. The van der Waals surface area contributed by atoms with Crippen molar-refractivity contribution >= 4 is 44.1 Å². The number of nitrogens with one attached hydrogen (secondary N) is 2. The molecule has 0 aliphatic rings. The Morgan fingerprint density at radius 3 is 2.29 bits per heavy atom. The summed E-state index contributed by atoms with van der Waals surface area (Å²) in [6.45, 7) is 0. The summed E-state index contributed by atoms with van der Waals surface area (Å²) in [6, 6.07) is 13.2. The fourth-order valence-electron chi connectivity index (χ4n) is 3.11. The maximum absolute atomic E-state index is 12.4. The Morgan fingerprint density at radius 1 is 1.03 bits per heavy atom. The van der Waals surface area contributed by atoms with E-state index in [0.717, 1.165) is 5.39 Å². The van der Waals surface area contributed by atoms with Crippen molar-refractivity contribution in [1.82, 2.24) is 20.2 Å². The van der Waals surface area contributed by atoms with Gasteiger partial charge in [0.05, 0.1) is 30.9 Å². The first-order chi connectivity index (χ1) is 16.1. The summed E-state index contributed by atoms with van der Waals surface area (Å²) in [5, 5.41) is 7.46. The minimum atomic E-state index is -4.56. The van der Waals surface area contributed by atoms with E-state index in [4.69, 9.17) is 4.74 Å². The zero-order valence-corrected chi connectivity index (χ0v) is 18.6. The van der Waals surface area contributed by atoms with Crippen LogP contribution in [0.15, 0.2) is 60.9 Å². The standard InChI is InChI=1S/C21H19F3N6O3S/c1-33-18-8-6-17(7-9-18)30(20-25-12-14-13-26-28-19(14)27-20)16-4-2-15(3-5-16)29-34(31,32)11-10-21(22,23)24/h2-9,12-13,29H,10-11H2,1H3,(H,25,26,27,28). The van der Waals surface area contributed by atoms with E-state index in [0.29, 0.717) is 28.7 Å². The van der Waals surface area contributed by atoms with E-state index in [2.05, 4.69) is 24.9 Å². The van der Waals surface area contributed by atoms with Gasteiger partial charge in [-0.05, 0) is 48.5 Å². The van der Waals surface area contributed by atoms with E-state index in [9.17, 15) is 21.6 Å². The van der Waals surface area contributed by atoms with Crippen LogP contribution >= 0.6 is 0 Å². The number of fused-ring (bicyclic) bond motifs is 1. The molecule has 178 valence electrons. The molecular weight excluding hydrogens is 473 g/mol. The van der Waals surface area contributed by atoms with Crippen LogP contribution in [0.25, 0.3) is 11.0 Å². The molecule has 0 aliphatic heterocycles.